The number of hydrogen-bond donors (Lipinski definition) is 2. The first-order valence-corrected chi connectivity index (χ1v) is 10.1. The van der Waals surface area contributed by atoms with Gasteiger partial charge in [-0.1, -0.05) is 23.7 Å². The van der Waals surface area contributed by atoms with Crippen LogP contribution in [-0.2, 0) is 16.1 Å². The highest BCUT2D eigenvalue weighted by atomic mass is 35.5. The van der Waals surface area contributed by atoms with Crippen LogP contribution >= 0.6 is 22.9 Å². The van der Waals surface area contributed by atoms with Crippen molar-refractivity contribution >= 4 is 34.5 Å². The van der Waals surface area contributed by atoms with Crippen LogP contribution in [0.5, 0.6) is 0 Å². The summed E-state index contributed by atoms with van der Waals surface area (Å²) in [5, 5.41) is 13.5. The van der Waals surface area contributed by atoms with Gasteiger partial charge in [0.15, 0.2) is 13.1 Å². The molecular weight excluding hydrogens is 400 g/mol. The Bertz CT molecular complexity index is 914. The van der Waals surface area contributed by atoms with Crippen molar-refractivity contribution in [2.45, 2.75) is 13.5 Å². The lowest BCUT2D eigenvalue weighted by atomic mass is 10.2. The number of aromatic nitrogens is 2. The van der Waals surface area contributed by atoms with E-state index in [9.17, 15) is 4.79 Å². The van der Waals surface area contributed by atoms with E-state index in [1.807, 2.05) is 36.6 Å². The summed E-state index contributed by atoms with van der Waals surface area (Å²) in [4.78, 5) is 14.4. The van der Waals surface area contributed by atoms with Crippen molar-refractivity contribution in [3.63, 3.8) is 0 Å². The molecule has 9 heteroatoms. The van der Waals surface area contributed by atoms with E-state index in [0.29, 0.717) is 42.2 Å². The van der Waals surface area contributed by atoms with Gasteiger partial charge in [-0.2, -0.15) is 0 Å². The zero-order valence-electron chi connectivity index (χ0n) is 15.7. The molecule has 0 saturated heterocycles. The highest BCUT2D eigenvalue weighted by Gasteiger charge is 2.20. The van der Waals surface area contributed by atoms with E-state index >= 15 is 0 Å². The molecule has 0 aliphatic carbocycles. The van der Waals surface area contributed by atoms with E-state index in [0.717, 1.165) is 15.3 Å². The van der Waals surface area contributed by atoms with E-state index < -0.39 is 0 Å². The molecule has 2 heterocycles. The molecule has 2 N–H and O–H groups in total. The van der Waals surface area contributed by atoms with Gasteiger partial charge in [0.2, 0.25) is 0 Å². The van der Waals surface area contributed by atoms with Gasteiger partial charge < -0.3 is 19.4 Å². The number of halogens is 1. The lowest BCUT2D eigenvalue weighted by molar-refractivity contribution is -0.907. The minimum absolute atomic E-state index is 0.144. The number of benzene rings is 1. The van der Waals surface area contributed by atoms with Gasteiger partial charge in [-0.25, -0.2) is 0 Å². The standard InChI is InChI=1S/C19H21ClN4O3S/c1-13-5-6-15(14(20)10-13)21-17(25)11-24(7-8-26-2)12-18-22-23-19(27-18)16-4-3-9-28-16/h3-6,9-10H,7-8,11-12H2,1-2H3,(H,21,25)/p+1. The van der Waals surface area contributed by atoms with E-state index in [4.69, 9.17) is 20.8 Å². The maximum absolute atomic E-state index is 12.5. The molecule has 1 amide bonds. The fraction of sp³-hybridized carbons (Fsp3) is 0.316. The van der Waals surface area contributed by atoms with Crippen LogP contribution in [0, 0.1) is 6.92 Å². The molecule has 1 aromatic carbocycles. The normalized spacial score (nSPS) is 12.1. The van der Waals surface area contributed by atoms with Gasteiger partial charge in [0, 0.05) is 7.11 Å². The molecule has 1 unspecified atom stereocenters. The SMILES string of the molecule is COCC[NH+](CC(=O)Nc1ccc(C)cc1Cl)Cc1nnc(-c2cccs2)o1. The predicted octanol–water partition coefficient (Wildman–Crippen LogP) is 2.43. The molecule has 0 radical (unpaired) electrons. The van der Waals surface area contributed by atoms with E-state index in [1.165, 1.54) is 11.3 Å². The first-order chi connectivity index (χ1) is 13.5. The predicted molar refractivity (Wildman–Crippen MR) is 109 cm³/mol. The zero-order chi connectivity index (χ0) is 19.9. The minimum atomic E-state index is -0.144. The van der Waals surface area contributed by atoms with Gasteiger partial charge in [0.25, 0.3) is 17.7 Å². The molecule has 0 fully saturated rings. The summed E-state index contributed by atoms with van der Waals surface area (Å²) in [5.74, 6) is 0.831. The fourth-order valence-electron chi connectivity index (χ4n) is 2.67. The Labute approximate surface area is 172 Å². The highest BCUT2D eigenvalue weighted by Crippen LogP contribution is 2.23. The van der Waals surface area contributed by atoms with E-state index in [1.54, 1.807) is 13.2 Å². The number of amides is 1. The number of nitrogens with one attached hydrogen (secondary N) is 2. The quantitative estimate of drug-likeness (QED) is 0.554. The Morgan fingerprint density at radius 3 is 2.93 bits per heavy atom. The summed E-state index contributed by atoms with van der Waals surface area (Å²) >= 11 is 7.74. The molecule has 0 aliphatic rings. The largest absolute Gasteiger partial charge is 0.414 e. The van der Waals surface area contributed by atoms with Crippen LogP contribution in [0.4, 0.5) is 5.69 Å². The molecule has 28 heavy (non-hydrogen) atoms. The Morgan fingerprint density at radius 2 is 2.21 bits per heavy atom. The number of nitrogens with zero attached hydrogens (tertiary/aromatic N) is 2. The van der Waals surface area contributed by atoms with E-state index in [2.05, 4.69) is 15.5 Å². The first-order valence-electron chi connectivity index (χ1n) is 8.80. The molecule has 0 spiro atoms. The third-order valence-electron chi connectivity index (χ3n) is 4.07. The second-order valence-electron chi connectivity index (χ2n) is 6.36. The van der Waals surface area contributed by atoms with Crippen LogP contribution in [0.2, 0.25) is 5.02 Å². The number of hydrogen-bond acceptors (Lipinski definition) is 6. The summed E-state index contributed by atoms with van der Waals surface area (Å²) in [6.07, 6.45) is 0. The van der Waals surface area contributed by atoms with Crippen molar-refractivity contribution < 1.29 is 18.8 Å². The summed E-state index contributed by atoms with van der Waals surface area (Å²) in [5.41, 5.74) is 1.63. The lowest BCUT2D eigenvalue weighted by Crippen LogP contribution is -3.12. The molecule has 0 saturated carbocycles. The van der Waals surface area contributed by atoms with Crippen LogP contribution in [0.3, 0.4) is 0 Å². The smallest absolute Gasteiger partial charge is 0.279 e. The van der Waals surface area contributed by atoms with Crippen LogP contribution in [-0.4, -0.2) is 42.9 Å². The number of thiophene rings is 1. The Hall–Kier alpha value is -2.26. The zero-order valence-corrected chi connectivity index (χ0v) is 17.3. The topological polar surface area (TPSA) is 81.7 Å². The number of carbonyl (C=O) groups is 1. The van der Waals surface area contributed by atoms with Crippen LogP contribution in [0.1, 0.15) is 11.5 Å². The second kappa shape index (κ2) is 9.79. The van der Waals surface area contributed by atoms with Crippen molar-refractivity contribution in [3.05, 3.63) is 52.2 Å². The Kier molecular flexibility index (Phi) is 7.16. The summed E-state index contributed by atoms with van der Waals surface area (Å²) < 4.78 is 10.9. The van der Waals surface area contributed by atoms with Crippen molar-refractivity contribution in [3.8, 4) is 10.8 Å². The molecule has 1 atom stereocenters. The number of carbonyl (C=O) groups excluding carboxylic acids is 1. The van der Waals surface area contributed by atoms with Crippen LogP contribution in [0.25, 0.3) is 10.8 Å². The van der Waals surface area contributed by atoms with Gasteiger partial charge in [0.1, 0.15) is 6.54 Å². The maximum Gasteiger partial charge on any atom is 0.279 e. The van der Waals surface area contributed by atoms with Gasteiger partial charge in [-0.15, -0.1) is 21.5 Å². The van der Waals surface area contributed by atoms with Crippen LogP contribution in [0.15, 0.2) is 40.1 Å². The monoisotopic (exact) mass is 421 g/mol. The van der Waals surface area contributed by atoms with Gasteiger partial charge in [0.05, 0.1) is 22.2 Å². The summed E-state index contributed by atoms with van der Waals surface area (Å²) in [7, 11) is 1.63. The summed E-state index contributed by atoms with van der Waals surface area (Å²) in [6, 6.07) is 9.38. The van der Waals surface area contributed by atoms with Gasteiger partial charge >= 0.3 is 0 Å². The molecular formula is C19H22ClN4O3S+. The molecule has 0 aliphatic heterocycles. The average Bonchev–Trinajstić information content (AvgIpc) is 3.33. The molecule has 148 valence electrons. The maximum atomic E-state index is 12.5. The second-order valence-corrected chi connectivity index (χ2v) is 7.71. The third kappa shape index (κ3) is 5.62. The molecule has 3 rings (SSSR count). The summed E-state index contributed by atoms with van der Waals surface area (Å²) in [6.45, 7) is 3.74. The van der Waals surface area contributed by atoms with E-state index in [-0.39, 0.29) is 12.5 Å². The molecule has 2 aromatic heterocycles. The highest BCUT2D eigenvalue weighted by molar-refractivity contribution is 7.13. The Morgan fingerprint density at radius 1 is 1.36 bits per heavy atom. The number of rotatable bonds is 9. The average molecular weight is 422 g/mol. The third-order valence-corrected chi connectivity index (χ3v) is 5.24. The minimum Gasteiger partial charge on any atom is -0.414 e. The Balaban J connectivity index is 1.63. The first kappa shape index (κ1) is 20.5. The number of quaternary nitrogens is 1. The van der Waals surface area contributed by atoms with Gasteiger partial charge in [-0.05, 0) is 36.1 Å². The number of aryl methyl sites for hydroxylation is 1. The number of anilines is 1. The van der Waals surface area contributed by atoms with Crippen LogP contribution < -0.4 is 10.2 Å². The van der Waals surface area contributed by atoms with Crippen molar-refractivity contribution in [2.24, 2.45) is 0 Å². The lowest BCUT2D eigenvalue weighted by Gasteiger charge is -2.17. The molecule has 0 bridgehead atoms. The van der Waals surface area contributed by atoms with Crippen molar-refractivity contribution in [2.75, 3.05) is 32.1 Å². The van der Waals surface area contributed by atoms with Gasteiger partial charge in [-0.3, -0.25) is 4.79 Å². The van der Waals surface area contributed by atoms with Crippen molar-refractivity contribution in [1.29, 1.82) is 0 Å². The fourth-order valence-corrected chi connectivity index (χ4v) is 3.59. The number of ether oxygens (including phenoxy) is 1. The molecule has 7 nitrogen and oxygen atoms in total. The molecule has 3 aromatic rings. The number of methoxy groups -OCH3 is 1. The van der Waals surface area contributed by atoms with Crippen molar-refractivity contribution in [1.82, 2.24) is 10.2 Å².